The van der Waals surface area contributed by atoms with Gasteiger partial charge in [-0.25, -0.2) is 5.01 Å². The lowest BCUT2D eigenvalue weighted by Crippen LogP contribution is -2.44. The molecule has 102 valence electrons. The summed E-state index contributed by atoms with van der Waals surface area (Å²) in [5, 5.41) is 1.80. The van der Waals surface area contributed by atoms with Gasteiger partial charge in [-0.05, 0) is 23.8 Å². The molecule has 0 aromatic heterocycles. The molecular formula is C14H18IN3O. The number of rotatable bonds is 5. The van der Waals surface area contributed by atoms with Crippen molar-refractivity contribution in [3.05, 3.63) is 42.0 Å². The zero-order valence-electron chi connectivity index (χ0n) is 10.9. The first-order valence-corrected chi connectivity index (χ1v) is 7.67. The van der Waals surface area contributed by atoms with Gasteiger partial charge in [-0.3, -0.25) is 10.8 Å². The number of alkyl halides is 1. The molecule has 1 heterocycles. The van der Waals surface area contributed by atoms with Crippen molar-refractivity contribution in [3.63, 3.8) is 0 Å². The summed E-state index contributed by atoms with van der Waals surface area (Å²) in [5.41, 5.74) is 1.15. The maximum Gasteiger partial charge on any atom is 0.122 e. The molecule has 1 aromatic rings. The summed E-state index contributed by atoms with van der Waals surface area (Å²) in [7, 11) is 1.67. The Morgan fingerprint density at radius 3 is 2.74 bits per heavy atom. The first-order valence-electron chi connectivity index (χ1n) is 6.15. The van der Waals surface area contributed by atoms with E-state index in [-0.39, 0.29) is 6.17 Å². The van der Waals surface area contributed by atoms with Crippen LogP contribution in [0.1, 0.15) is 5.56 Å². The second kappa shape index (κ2) is 7.02. The van der Waals surface area contributed by atoms with E-state index in [0.29, 0.717) is 12.5 Å². The number of nitrogens with zero attached hydrogens (tertiary/aromatic N) is 2. The first kappa shape index (κ1) is 14.5. The van der Waals surface area contributed by atoms with Crippen LogP contribution in [0.2, 0.25) is 0 Å². The van der Waals surface area contributed by atoms with Crippen molar-refractivity contribution >= 4 is 28.8 Å². The number of hydrazine groups is 1. The summed E-state index contributed by atoms with van der Waals surface area (Å²) in [4.78, 5) is 4.47. The smallest absolute Gasteiger partial charge is 0.122 e. The number of halogens is 1. The van der Waals surface area contributed by atoms with Crippen molar-refractivity contribution in [2.75, 3.05) is 11.5 Å². The van der Waals surface area contributed by atoms with Crippen molar-refractivity contribution in [3.8, 4) is 5.75 Å². The summed E-state index contributed by atoms with van der Waals surface area (Å²) in [5.74, 6) is 7.39. The van der Waals surface area contributed by atoms with E-state index in [1.807, 2.05) is 36.6 Å². The SMILES string of the molecule is COc1ccc(CN(N)C2N=CC=CC2CI)cc1. The predicted octanol–water partition coefficient (Wildman–Crippen LogP) is 2.39. The highest BCUT2D eigenvalue weighted by molar-refractivity contribution is 14.1. The van der Waals surface area contributed by atoms with Crippen LogP contribution in [-0.4, -0.2) is 28.9 Å². The number of hydrogen-bond donors (Lipinski definition) is 1. The van der Waals surface area contributed by atoms with E-state index in [2.05, 4.69) is 33.7 Å². The van der Waals surface area contributed by atoms with Crippen molar-refractivity contribution in [1.29, 1.82) is 0 Å². The molecule has 0 aliphatic carbocycles. The van der Waals surface area contributed by atoms with E-state index in [0.717, 1.165) is 15.7 Å². The molecule has 0 fully saturated rings. The van der Waals surface area contributed by atoms with E-state index in [1.54, 1.807) is 12.1 Å². The predicted molar refractivity (Wildman–Crippen MR) is 86.5 cm³/mol. The zero-order chi connectivity index (χ0) is 13.7. The molecule has 19 heavy (non-hydrogen) atoms. The summed E-state index contributed by atoms with van der Waals surface area (Å²) in [6.45, 7) is 0.674. The highest BCUT2D eigenvalue weighted by atomic mass is 127. The summed E-state index contributed by atoms with van der Waals surface area (Å²) < 4.78 is 6.15. The van der Waals surface area contributed by atoms with Crippen molar-refractivity contribution in [1.82, 2.24) is 5.01 Å². The fourth-order valence-corrected chi connectivity index (χ4v) is 2.79. The van der Waals surface area contributed by atoms with Crippen LogP contribution in [0.25, 0.3) is 0 Å². The zero-order valence-corrected chi connectivity index (χ0v) is 13.0. The molecule has 2 N–H and O–H groups in total. The summed E-state index contributed by atoms with van der Waals surface area (Å²) in [6, 6.07) is 7.95. The molecule has 2 atom stereocenters. The van der Waals surface area contributed by atoms with Gasteiger partial charge >= 0.3 is 0 Å². The average Bonchev–Trinajstić information content (AvgIpc) is 2.48. The van der Waals surface area contributed by atoms with Gasteiger partial charge in [0.1, 0.15) is 11.9 Å². The number of aliphatic imine (C=N–C) groups is 1. The quantitative estimate of drug-likeness (QED) is 0.374. The van der Waals surface area contributed by atoms with Crippen molar-refractivity contribution in [2.24, 2.45) is 16.8 Å². The lowest BCUT2D eigenvalue weighted by atomic mass is 10.1. The summed E-state index contributed by atoms with van der Waals surface area (Å²) >= 11 is 2.37. The van der Waals surface area contributed by atoms with E-state index in [1.165, 1.54) is 0 Å². The van der Waals surface area contributed by atoms with Crippen LogP contribution >= 0.6 is 22.6 Å². The molecule has 0 bridgehead atoms. The molecule has 0 saturated heterocycles. The summed E-state index contributed by atoms with van der Waals surface area (Å²) in [6.07, 6.45) is 5.99. The molecule has 0 spiro atoms. The Morgan fingerprint density at radius 1 is 1.37 bits per heavy atom. The average molecular weight is 371 g/mol. The lowest BCUT2D eigenvalue weighted by Gasteiger charge is -2.30. The van der Waals surface area contributed by atoms with E-state index in [9.17, 15) is 0 Å². The van der Waals surface area contributed by atoms with Gasteiger partial charge in [-0.1, -0.05) is 40.8 Å². The normalized spacial score (nSPS) is 21.9. The molecule has 1 aliphatic heterocycles. The minimum Gasteiger partial charge on any atom is -0.497 e. The number of benzene rings is 1. The Morgan fingerprint density at radius 2 is 2.11 bits per heavy atom. The third-order valence-electron chi connectivity index (χ3n) is 3.11. The molecule has 1 aliphatic rings. The van der Waals surface area contributed by atoms with Gasteiger partial charge in [0, 0.05) is 23.1 Å². The van der Waals surface area contributed by atoms with Crippen LogP contribution < -0.4 is 10.6 Å². The third kappa shape index (κ3) is 3.77. The van der Waals surface area contributed by atoms with Crippen LogP contribution in [0, 0.1) is 5.92 Å². The fraction of sp³-hybridized carbons (Fsp3) is 0.357. The van der Waals surface area contributed by atoms with Gasteiger partial charge in [0.05, 0.1) is 7.11 Å². The van der Waals surface area contributed by atoms with Gasteiger partial charge in [0.25, 0.3) is 0 Å². The van der Waals surface area contributed by atoms with Gasteiger partial charge in [-0.2, -0.15) is 0 Å². The van der Waals surface area contributed by atoms with Gasteiger partial charge in [0.15, 0.2) is 0 Å². The van der Waals surface area contributed by atoms with Crippen LogP contribution in [0.15, 0.2) is 41.4 Å². The van der Waals surface area contributed by atoms with Crippen molar-refractivity contribution < 1.29 is 4.74 Å². The Balaban J connectivity index is 2.01. The third-order valence-corrected chi connectivity index (χ3v) is 4.13. The standard InChI is InChI=1S/C14H18IN3O/c1-19-13-6-4-11(5-7-13)10-18(16)14-12(9-15)3-2-8-17-14/h2-8,12,14H,9-10,16H2,1H3. The van der Waals surface area contributed by atoms with E-state index >= 15 is 0 Å². The largest absolute Gasteiger partial charge is 0.497 e. The molecule has 0 saturated carbocycles. The topological polar surface area (TPSA) is 50.9 Å². The number of dihydropyridines is 1. The lowest BCUT2D eigenvalue weighted by molar-refractivity contribution is 0.167. The van der Waals surface area contributed by atoms with Crippen LogP contribution in [-0.2, 0) is 6.54 Å². The van der Waals surface area contributed by atoms with Crippen LogP contribution in [0.4, 0.5) is 0 Å². The van der Waals surface area contributed by atoms with Gasteiger partial charge < -0.3 is 4.74 Å². The van der Waals surface area contributed by atoms with Gasteiger partial charge in [-0.15, -0.1) is 0 Å². The number of nitrogens with two attached hydrogens (primary N) is 1. The maximum atomic E-state index is 6.17. The fourth-order valence-electron chi connectivity index (χ4n) is 2.04. The minimum absolute atomic E-state index is 0.0176. The van der Waals surface area contributed by atoms with E-state index < -0.39 is 0 Å². The second-order valence-corrected chi connectivity index (χ2v) is 5.32. The molecule has 4 nitrogen and oxygen atoms in total. The van der Waals surface area contributed by atoms with Crippen LogP contribution in [0.5, 0.6) is 5.75 Å². The molecule has 2 rings (SSSR count). The molecule has 0 amide bonds. The minimum atomic E-state index is 0.0176. The monoisotopic (exact) mass is 371 g/mol. The van der Waals surface area contributed by atoms with Crippen LogP contribution in [0.3, 0.4) is 0 Å². The Hall–Kier alpha value is -0.920. The number of methoxy groups -OCH3 is 1. The molecular weight excluding hydrogens is 353 g/mol. The number of ether oxygens (including phenoxy) is 1. The molecule has 0 radical (unpaired) electrons. The first-order chi connectivity index (χ1) is 9.24. The second-order valence-electron chi connectivity index (χ2n) is 4.44. The molecule has 5 heteroatoms. The maximum absolute atomic E-state index is 6.17. The van der Waals surface area contributed by atoms with Gasteiger partial charge in [0.2, 0.25) is 0 Å². The highest BCUT2D eigenvalue weighted by Crippen LogP contribution is 2.20. The van der Waals surface area contributed by atoms with Crippen molar-refractivity contribution in [2.45, 2.75) is 12.7 Å². The van der Waals surface area contributed by atoms with E-state index in [4.69, 9.17) is 10.6 Å². The number of allylic oxidation sites excluding steroid dienone is 1. The Bertz CT molecular complexity index is 458. The Kier molecular flexibility index (Phi) is 5.35. The Labute approximate surface area is 127 Å². The number of hydrogen-bond acceptors (Lipinski definition) is 4. The highest BCUT2D eigenvalue weighted by Gasteiger charge is 2.23. The molecule has 1 aromatic carbocycles. The molecule has 2 unspecified atom stereocenters.